The first-order valence-corrected chi connectivity index (χ1v) is 3.90. The summed E-state index contributed by atoms with van der Waals surface area (Å²) in [5.41, 5.74) is 8.28. The number of hydrogen-bond acceptors (Lipinski definition) is 3. The van der Waals surface area contributed by atoms with Crippen molar-refractivity contribution < 1.29 is 4.79 Å². The summed E-state index contributed by atoms with van der Waals surface area (Å²) in [7, 11) is 0. The van der Waals surface area contributed by atoms with Gasteiger partial charge in [0.2, 0.25) is 0 Å². The van der Waals surface area contributed by atoms with E-state index in [1.807, 2.05) is 30.3 Å². The van der Waals surface area contributed by atoms with Gasteiger partial charge in [-0.05, 0) is 5.56 Å². The van der Waals surface area contributed by atoms with Crippen molar-refractivity contribution in [1.29, 1.82) is 0 Å². The summed E-state index contributed by atoms with van der Waals surface area (Å²) in [6, 6.07) is 9.48. The molecule has 0 bridgehead atoms. The fourth-order valence-corrected chi connectivity index (χ4v) is 0.764. The van der Waals surface area contributed by atoms with Crippen LogP contribution in [0.15, 0.2) is 35.4 Å². The molecule has 0 aliphatic carbocycles. The Balaban J connectivity index is 2.45. The third-order valence-corrected chi connectivity index (χ3v) is 1.39. The van der Waals surface area contributed by atoms with Crippen LogP contribution in [0.3, 0.4) is 0 Å². The Morgan fingerprint density at radius 2 is 2.15 bits per heavy atom. The molecule has 4 nitrogen and oxygen atoms in total. The van der Waals surface area contributed by atoms with E-state index in [1.165, 1.54) is 0 Å². The number of carbonyl (C=O) groups excluding carboxylic acids is 1. The van der Waals surface area contributed by atoms with Gasteiger partial charge in [0, 0.05) is 0 Å². The normalized spacial score (nSPS) is 10.2. The van der Waals surface area contributed by atoms with Crippen LogP contribution in [0.25, 0.3) is 0 Å². The molecule has 0 aromatic heterocycles. The minimum Gasteiger partial charge on any atom is -0.322 e. The van der Waals surface area contributed by atoms with Crippen LogP contribution >= 0.6 is 0 Å². The van der Waals surface area contributed by atoms with Crippen LogP contribution in [0.2, 0.25) is 0 Å². The molecule has 1 aromatic carbocycles. The predicted molar refractivity (Wildman–Crippen MR) is 51.2 cm³/mol. The Morgan fingerprint density at radius 3 is 2.77 bits per heavy atom. The van der Waals surface area contributed by atoms with Gasteiger partial charge in [0.05, 0.1) is 12.8 Å². The number of hydrazone groups is 1. The van der Waals surface area contributed by atoms with Crippen molar-refractivity contribution in [3.63, 3.8) is 0 Å². The first-order valence-electron chi connectivity index (χ1n) is 3.90. The monoisotopic (exact) mass is 177 g/mol. The standard InChI is InChI=1S/C9H11N3O/c10-6-9(13)12-11-7-8-4-2-1-3-5-8/h1-5,7H,6,10H2,(H,12,13)/b11-7+. The van der Waals surface area contributed by atoms with E-state index in [4.69, 9.17) is 5.73 Å². The molecule has 0 aliphatic heterocycles. The van der Waals surface area contributed by atoms with Gasteiger partial charge in [0.25, 0.3) is 5.91 Å². The largest absolute Gasteiger partial charge is 0.322 e. The lowest BCUT2D eigenvalue weighted by molar-refractivity contribution is -0.119. The van der Waals surface area contributed by atoms with Gasteiger partial charge in [-0.25, -0.2) is 5.43 Å². The molecule has 0 saturated carbocycles. The molecule has 4 heteroatoms. The van der Waals surface area contributed by atoms with E-state index in [2.05, 4.69) is 10.5 Å². The van der Waals surface area contributed by atoms with E-state index in [0.717, 1.165) is 5.56 Å². The second kappa shape index (κ2) is 5.05. The van der Waals surface area contributed by atoms with Gasteiger partial charge in [0.15, 0.2) is 0 Å². The van der Waals surface area contributed by atoms with Crippen molar-refractivity contribution in [2.45, 2.75) is 0 Å². The van der Waals surface area contributed by atoms with Crippen LogP contribution < -0.4 is 11.2 Å². The summed E-state index contributed by atoms with van der Waals surface area (Å²) in [4.78, 5) is 10.7. The molecule has 3 N–H and O–H groups in total. The Labute approximate surface area is 76.4 Å². The second-order valence-corrected chi connectivity index (χ2v) is 2.41. The maximum atomic E-state index is 10.7. The van der Waals surface area contributed by atoms with E-state index >= 15 is 0 Å². The molecule has 0 unspecified atom stereocenters. The van der Waals surface area contributed by atoms with Crippen molar-refractivity contribution >= 4 is 12.1 Å². The van der Waals surface area contributed by atoms with Crippen molar-refractivity contribution in [2.75, 3.05) is 6.54 Å². The molecule has 0 aliphatic rings. The average Bonchev–Trinajstić information content (AvgIpc) is 2.19. The van der Waals surface area contributed by atoms with Crippen molar-refractivity contribution in [3.8, 4) is 0 Å². The highest BCUT2D eigenvalue weighted by atomic mass is 16.2. The first-order chi connectivity index (χ1) is 6.33. The van der Waals surface area contributed by atoms with Crippen LogP contribution in [0, 0.1) is 0 Å². The summed E-state index contributed by atoms with van der Waals surface area (Å²) >= 11 is 0. The van der Waals surface area contributed by atoms with Gasteiger partial charge in [-0.1, -0.05) is 30.3 Å². The average molecular weight is 177 g/mol. The summed E-state index contributed by atoms with van der Waals surface area (Å²) < 4.78 is 0. The fourth-order valence-electron chi connectivity index (χ4n) is 0.764. The number of nitrogens with zero attached hydrogens (tertiary/aromatic N) is 1. The highest BCUT2D eigenvalue weighted by Gasteiger charge is 1.90. The Bertz CT molecular complexity index is 295. The smallest absolute Gasteiger partial charge is 0.253 e. The van der Waals surface area contributed by atoms with Crippen molar-refractivity contribution in [3.05, 3.63) is 35.9 Å². The number of nitrogens with one attached hydrogen (secondary N) is 1. The van der Waals surface area contributed by atoms with Crippen LogP contribution in [0.5, 0.6) is 0 Å². The number of carbonyl (C=O) groups is 1. The van der Waals surface area contributed by atoms with Crippen LogP contribution in [-0.2, 0) is 4.79 Å². The summed E-state index contributed by atoms with van der Waals surface area (Å²) in [6.45, 7) is -0.0495. The van der Waals surface area contributed by atoms with E-state index in [-0.39, 0.29) is 12.5 Å². The zero-order valence-electron chi connectivity index (χ0n) is 7.10. The zero-order chi connectivity index (χ0) is 9.52. The highest BCUT2D eigenvalue weighted by molar-refractivity contribution is 5.82. The number of benzene rings is 1. The number of rotatable bonds is 3. The second-order valence-electron chi connectivity index (χ2n) is 2.41. The van der Waals surface area contributed by atoms with Gasteiger partial charge in [-0.2, -0.15) is 5.10 Å². The van der Waals surface area contributed by atoms with E-state index in [1.54, 1.807) is 6.21 Å². The van der Waals surface area contributed by atoms with Gasteiger partial charge in [0.1, 0.15) is 0 Å². The number of nitrogens with two attached hydrogens (primary N) is 1. The fraction of sp³-hybridized carbons (Fsp3) is 0.111. The maximum absolute atomic E-state index is 10.7. The molecular formula is C9H11N3O. The van der Waals surface area contributed by atoms with Crippen molar-refractivity contribution in [2.24, 2.45) is 10.8 Å². The lowest BCUT2D eigenvalue weighted by atomic mass is 10.2. The molecule has 1 rings (SSSR count). The lowest BCUT2D eigenvalue weighted by Crippen LogP contribution is -2.26. The Kier molecular flexibility index (Phi) is 3.66. The molecule has 0 radical (unpaired) electrons. The third-order valence-electron chi connectivity index (χ3n) is 1.39. The van der Waals surface area contributed by atoms with Gasteiger partial charge >= 0.3 is 0 Å². The zero-order valence-corrected chi connectivity index (χ0v) is 7.10. The molecule has 0 fully saturated rings. The Hall–Kier alpha value is -1.68. The minimum absolute atomic E-state index is 0.0495. The van der Waals surface area contributed by atoms with Gasteiger partial charge < -0.3 is 5.73 Å². The first kappa shape index (κ1) is 9.41. The lowest BCUT2D eigenvalue weighted by Gasteiger charge is -1.94. The van der Waals surface area contributed by atoms with E-state index in [9.17, 15) is 4.79 Å². The summed E-state index contributed by atoms with van der Waals surface area (Å²) in [6.07, 6.45) is 1.56. The molecule has 0 heterocycles. The molecule has 0 spiro atoms. The van der Waals surface area contributed by atoms with Crippen LogP contribution in [0.1, 0.15) is 5.56 Å². The molecule has 1 amide bonds. The Morgan fingerprint density at radius 1 is 1.46 bits per heavy atom. The highest BCUT2D eigenvalue weighted by Crippen LogP contribution is 1.92. The summed E-state index contributed by atoms with van der Waals surface area (Å²) in [5.74, 6) is -0.299. The molecular weight excluding hydrogens is 166 g/mol. The molecule has 0 atom stereocenters. The molecule has 68 valence electrons. The predicted octanol–water partition coefficient (Wildman–Crippen LogP) is 0.0954. The SMILES string of the molecule is NCC(=O)N/N=C/c1ccccc1. The van der Waals surface area contributed by atoms with Crippen LogP contribution in [0.4, 0.5) is 0 Å². The topological polar surface area (TPSA) is 67.5 Å². The summed E-state index contributed by atoms with van der Waals surface area (Å²) in [5, 5.41) is 3.71. The van der Waals surface area contributed by atoms with Crippen molar-refractivity contribution in [1.82, 2.24) is 5.43 Å². The molecule has 13 heavy (non-hydrogen) atoms. The van der Waals surface area contributed by atoms with E-state index in [0.29, 0.717) is 0 Å². The molecule has 0 saturated heterocycles. The van der Waals surface area contributed by atoms with Crippen LogP contribution in [-0.4, -0.2) is 18.7 Å². The maximum Gasteiger partial charge on any atom is 0.253 e. The third kappa shape index (κ3) is 3.48. The van der Waals surface area contributed by atoms with E-state index < -0.39 is 0 Å². The van der Waals surface area contributed by atoms with Gasteiger partial charge in [-0.3, -0.25) is 4.79 Å². The molecule has 1 aromatic rings. The minimum atomic E-state index is -0.299. The quantitative estimate of drug-likeness (QED) is 0.507. The number of amides is 1. The van der Waals surface area contributed by atoms with Gasteiger partial charge in [-0.15, -0.1) is 0 Å². The number of hydrogen-bond donors (Lipinski definition) is 2.